The number of hydrogen-bond donors (Lipinski definition) is 2. The molecule has 0 saturated heterocycles. The van der Waals surface area contributed by atoms with Crippen molar-refractivity contribution in [2.75, 3.05) is 5.32 Å². The zero-order chi connectivity index (χ0) is 14.4. The Kier molecular flexibility index (Phi) is 5.06. The fourth-order valence-corrected chi connectivity index (χ4v) is 2.37. The minimum Gasteiger partial charge on any atom is -0.370 e. The van der Waals surface area contributed by atoms with Crippen LogP contribution in [0.4, 0.5) is 5.69 Å². The second kappa shape index (κ2) is 7.00. The van der Waals surface area contributed by atoms with Crippen LogP contribution in [0.5, 0.6) is 0 Å². The van der Waals surface area contributed by atoms with Gasteiger partial charge in [-0.05, 0) is 30.5 Å². The van der Waals surface area contributed by atoms with Crippen LogP contribution in [0.1, 0.15) is 29.4 Å². The molecule has 0 aliphatic heterocycles. The van der Waals surface area contributed by atoms with Crippen LogP contribution in [-0.2, 0) is 19.4 Å². The van der Waals surface area contributed by atoms with Crippen molar-refractivity contribution in [2.24, 2.45) is 10.7 Å². The van der Waals surface area contributed by atoms with Crippen molar-refractivity contribution < 1.29 is 0 Å². The predicted octanol–water partition coefficient (Wildman–Crippen LogP) is 2.59. The number of nitrogens with zero attached hydrogens (tertiary/aromatic N) is 3. The highest BCUT2D eigenvalue weighted by atomic mass is 32.1. The third-order valence-corrected chi connectivity index (χ3v) is 3.88. The highest BCUT2D eigenvalue weighted by molar-refractivity contribution is 7.11. The Hall–Kier alpha value is -1.95. The molecule has 1 heterocycles. The van der Waals surface area contributed by atoms with Gasteiger partial charge >= 0.3 is 0 Å². The quantitative estimate of drug-likeness (QED) is 0.655. The second-order valence-electron chi connectivity index (χ2n) is 4.32. The molecular formula is C14H19N5S. The third-order valence-electron chi connectivity index (χ3n) is 2.83. The predicted molar refractivity (Wildman–Crippen MR) is 84.1 cm³/mol. The standard InChI is InChI=1S/C14H19N5S/c1-3-10-5-7-11(8-6-10)17-14(15)16-9-13-19-18-12(4-2)20-13/h5-8H,3-4,9H2,1-2H3,(H3,15,16,17). The summed E-state index contributed by atoms with van der Waals surface area (Å²) in [7, 11) is 0. The SMILES string of the molecule is CCc1ccc(NC(N)=NCc2nnc(CC)s2)cc1. The molecule has 5 nitrogen and oxygen atoms in total. The maximum atomic E-state index is 5.86. The van der Waals surface area contributed by atoms with Crippen LogP contribution in [0, 0.1) is 0 Å². The van der Waals surface area contributed by atoms with Crippen molar-refractivity contribution in [2.45, 2.75) is 33.2 Å². The lowest BCUT2D eigenvalue weighted by molar-refractivity contribution is 0.921. The van der Waals surface area contributed by atoms with Gasteiger partial charge in [-0.15, -0.1) is 10.2 Å². The van der Waals surface area contributed by atoms with Gasteiger partial charge in [-0.3, -0.25) is 0 Å². The number of hydrogen-bond acceptors (Lipinski definition) is 4. The Balaban J connectivity index is 1.92. The average molecular weight is 289 g/mol. The summed E-state index contributed by atoms with van der Waals surface area (Å²) in [6.07, 6.45) is 1.93. The molecule has 0 bridgehead atoms. The van der Waals surface area contributed by atoms with E-state index >= 15 is 0 Å². The van der Waals surface area contributed by atoms with Crippen molar-refractivity contribution in [3.63, 3.8) is 0 Å². The van der Waals surface area contributed by atoms with Crippen molar-refractivity contribution in [1.29, 1.82) is 0 Å². The Morgan fingerprint density at radius 3 is 2.45 bits per heavy atom. The van der Waals surface area contributed by atoms with Gasteiger partial charge in [-0.1, -0.05) is 37.3 Å². The first kappa shape index (κ1) is 14.5. The monoisotopic (exact) mass is 289 g/mol. The zero-order valence-electron chi connectivity index (χ0n) is 11.8. The van der Waals surface area contributed by atoms with Crippen molar-refractivity contribution in [3.05, 3.63) is 39.8 Å². The number of nitrogens with two attached hydrogens (primary N) is 1. The minimum atomic E-state index is 0.391. The van der Waals surface area contributed by atoms with E-state index in [1.165, 1.54) is 5.56 Å². The van der Waals surface area contributed by atoms with Crippen molar-refractivity contribution >= 4 is 23.0 Å². The minimum absolute atomic E-state index is 0.391. The lowest BCUT2D eigenvalue weighted by Gasteiger charge is -2.05. The average Bonchev–Trinajstić information content (AvgIpc) is 2.94. The maximum absolute atomic E-state index is 5.86. The van der Waals surface area contributed by atoms with Crippen LogP contribution in [0.15, 0.2) is 29.3 Å². The lowest BCUT2D eigenvalue weighted by atomic mass is 10.1. The Bertz CT molecular complexity index is 574. The number of nitrogens with one attached hydrogen (secondary N) is 1. The van der Waals surface area contributed by atoms with Gasteiger partial charge in [-0.25, -0.2) is 4.99 Å². The van der Waals surface area contributed by atoms with E-state index in [-0.39, 0.29) is 0 Å². The summed E-state index contributed by atoms with van der Waals surface area (Å²) in [5.41, 5.74) is 8.10. The summed E-state index contributed by atoms with van der Waals surface area (Å²) in [5, 5.41) is 13.1. The van der Waals surface area contributed by atoms with E-state index in [4.69, 9.17) is 5.73 Å². The summed E-state index contributed by atoms with van der Waals surface area (Å²) in [6, 6.07) is 8.16. The molecule has 0 saturated carbocycles. The van der Waals surface area contributed by atoms with Gasteiger partial charge in [0, 0.05) is 5.69 Å². The van der Waals surface area contributed by atoms with Crippen LogP contribution < -0.4 is 11.1 Å². The maximum Gasteiger partial charge on any atom is 0.193 e. The van der Waals surface area contributed by atoms with E-state index < -0.39 is 0 Å². The highest BCUT2D eigenvalue weighted by Gasteiger charge is 2.02. The molecular weight excluding hydrogens is 270 g/mol. The van der Waals surface area contributed by atoms with E-state index in [1.807, 2.05) is 12.1 Å². The first-order chi connectivity index (χ1) is 9.71. The topological polar surface area (TPSA) is 76.2 Å². The van der Waals surface area contributed by atoms with E-state index in [2.05, 4.69) is 46.5 Å². The molecule has 0 spiro atoms. The van der Waals surface area contributed by atoms with E-state index in [0.29, 0.717) is 12.5 Å². The number of benzene rings is 1. The van der Waals surface area contributed by atoms with E-state index in [9.17, 15) is 0 Å². The normalized spacial score (nSPS) is 11.6. The van der Waals surface area contributed by atoms with Crippen molar-refractivity contribution in [3.8, 4) is 0 Å². The van der Waals surface area contributed by atoms with Gasteiger partial charge in [0.1, 0.15) is 10.0 Å². The molecule has 1 aromatic carbocycles. The van der Waals surface area contributed by atoms with Crippen LogP contribution in [0.2, 0.25) is 0 Å². The fraction of sp³-hybridized carbons (Fsp3) is 0.357. The molecule has 0 amide bonds. The van der Waals surface area contributed by atoms with Crippen LogP contribution in [0.25, 0.3) is 0 Å². The molecule has 0 atom stereocenters. The van der Waals surface area contributed by atoms with E-state index in [1.54, 1.807) is 11.3 Å². The molecule has 2 aromatic rings. The molecule has 3 N–H and O–H groups in total. The number of aromatic nitrogens is 2. The molecule has 106 valence electrons. The number of guanidine groups is 1. The lowest BCUT2D eigenvalue weighted by Crippen LogP contribution is -2.22. The summed E-state index contributed by atoms with van der Waals surface area (Å²) in [5.74, 6) is 0.391. The van der Waals surface area contributed by atoms with Gasteiger partial charge in [0.2, 0.25) is 0 Å². The van der Waals surface area contributed by atoms with Crippen LogP contribution >= 0.6 is 11.3 Å². The molecule has 6 heteroatoms. The van der Waals surface area contributed by atoms with Crippen molar-refractivity contribution in [1.82, 2.24) is 10.2 Å². The molecule has 0 fully saturated rings. The molecule has 0 radical (unpaired) electrons. The first-order valence-corrected chi connectivity index (χ1v) is 7.50. The Morgan fingerprint density at radius 2 is 1.85 bits per heavy atom. The number of anilines is 1. The first-order valence-electron chi connectivity index (χ1n) is 6.68. The molecule has 20 heavy (non-hydrogen) atoms. The van der Waals surface area contributed by atoms with Gasteiger partial charge in [0.05, 0.1) is 6.54 Å². The summed E-state index contributed by atoms with van der Waals surface area (Å²) >= 11 is 1.57. The second-order valence-corrected chi connectivity index (χ2v) is 5.47. The summed E-state index contributed by atoms with van der Waals surface area (Å²) < 4.78 is 0. The number of aryl methyl sites for hydroxylation is 2. The molecule has 0 aliphatic carbocycles. The Labute approximate surface area is 123 Å². The smallest absolute Gasteiger partial charge is 0.193 e. The largest absolute Gasteiger partial charge is 0.370 e. The van der Waals surface area contributed by atoms with Gasteiger partial charge in [0.15, 0.2) is 5.96 Å². The molecule has 2 rings (SSSR count). The Morgan fingerprint density at radius 1 is 1.15 bits per heavy atom. The third kappa shape index (κ3) is 4.03. The summed E-state index contributed by atoms with van der Waals surface area (Å²) in [6.45, 7) is 4.65. The molecule has 0 unspecified atom stereocenters. The highest BCUT2D eigenvalue weighted by Crippen LogP contribution is 2.12. The van der Waals surface area contributed by atoms with Crippen LogP contribution in [-0.4, -0.2) is 16.2 Å². The molecule has 0 aliphatic rings. The number of rotatable bonds is 5. The van der Waals surface area contributed by atoms with E-state index in [0.717, 1.165) is 28.5 Å². The van der Waals surface area contributed by atoms with Gasteiger partial charge < -0.3 is 11.1 Å². The number of aliphatic imine (C=N–C) groups is 1. The zero-order valence-corrected chi connectivity index (χ0v) is 12.6. The fourth-order valence-electron chi connectivity index (χ4n) is 1.66. The van der Waals surface area contributed by atoms with Gasteiger partial charge in [0.25, 0.3) is 0 Å². The van der Waals surface area contributed by atoms with Crippen LogP contribution in [0.3, 0.4) is 0 Å². The summed E-state index contributed by atoms with van der Waals surface area (Å²) in [4.78, 5) is 4.27. The van der Waals surface area contributed by atoms with Gasteiger partial charge in [-0.2, -0.15) is 0 Å². The molecule has 1 aromatic heterocycles.